The molecule has 36 heavy (non-hydrogen) atoms. The molecule has 0 aliphatic carbocycles. The largest absolute Gasteiger partial charge is 0.496 e. The van der Waals surface area contributed by atoms with Crippen LogP contribution in [0.25, 0.3) is 10.8 Å². The highest BCUT2D eigenvalue weighted by molar-refractivity contribution is 5.91. The number of rotatable bonds is 8. The number of piperazine rings is 1. The average molecular weight is 485 g/mol. The van der Waals surface area contributed by atoms with Crippen LogP contribution in [0, 0.1) is 16.7 Å². The summed E-state index contributed by atoms with van der Waals surface area (Å²) in [6.07, 6.45) is 0. The summed E-state index contributed by atoms with van der Waals surface area (Å²) in [6.45, 7) is 6.64. The normalized spacial score (nSPS) is 16.9. The van der Waals surface area contributed by atoms with Gasteiger partial charge in [-0.05, 0) is 43.4 Å². The number of ether oxygens (including phenoxy) is 1. The second-order valence-corrected chi connectivity index (χ2v) is 9.99. The van der Waals surface area contributed by atoms with E-state index >= 15 is 0 Å². The molecule has 188 valence electrons. The number of nitrogens with zero attached hydrogens (tertiary/aromatic N) is 4. The van der Waals surface area contributed by atoms with Crippen LogP contribution in [-0.4, -0.2) is 81.1 Å². The van der Waals surface area contributed by atoms with Crippen LogP contribution >= 0.6 is 0 Å². The van der Waals surface area contributed by atoms with E-state index in [0.29, 0.717) is 18.8 Å². The lowest BCUT2D eigenvalue weighted by Gasteiger charge is -2.40. The zero-order chi connectivity index (χ0) is 25.7. The molecule has 0 spiro atoms. The van der Waals surface area contributed by atoms with Crippen LogP contribution < -0.4 is 4.74 Å². The lowest BCUT2D eigenvalue weighted by atomic mass is 9.68. The molecule has 4 rings (SSSR count). The van der Waals surface area contributed by atoms with E-state index in [1.165, 1.54) is 0 Å². The summed E-state index contributed by atoms with van der Waals surface area (Å²) in [5.41, 5.74) is 0.489. The molecule has 1 aliphatic rings. The quantitative estimate of drug-likeness (QED) is 0.479. The van der Waals surface area contributed by atoms with Gasteiger partial charge in [-0.3, -0.25) is 9.69 Å². The van der Waals surface area contributed by atoms with E-state index in [1.807, 2.05) is 53.4 Å². The van der Waals surface area contributed by atoms with Crippen LogP contribution in [0.1, 0.15) is 24.0 Å². The third-order valence-electron chi connectivity index (χ3n) is 7.36. The van der Waals surface area contributed by atoms with E-state index in [-0.39, 0.29) is 5.91 Å². The lowest BCUT2D eigenvalue weighted by Crippen LogP contribution is -2.54. The van der Waals surface area contributed by atoms with Gasteiger partial charge in [-0.15, -0.1) is 0 Å². The van der Waals surface area contributed by atoms with Crippen LogP contribution in [0.5, 0.6) is 5.75 Å². The molecular formula is C30H36N4O2. The van der Waals surface area contributed by atoms with Gasteiger partial charge < -0.3 is 14.5 Å². The SMILES string of the molecule is COc1ccccc1C(c1cccc2ccccc12)[C@@](C)(C#N)C(=O)N1CCN(CCN(C)C)CC1. The Morgan fingerprint density at radius 2 is 1.64 bits per heavy atom. The number of para-hydroxylation sites is 1. The van der Waals surface area contributed by atoms with Crippen LogP contribution in [-0.2, 0) is 4.79 Å². The van der Waals surface area contributed by atoms with Crippen molar-refractivity contribution in [3.63, 3.8) is 0 Å². The number of benzene rings is 3. The van der Waals surface area contributed by atoms with Gasteiger partial charge in [0.25, 0.3) is 0 Å². The number of carbonyl (C=O) groups excluding carboxylic acids is 1. The Morgan fingerprint density at radius 3 is 2.33 bits per heavy atom. The zero-order valence-corrected chi connectivity index (χ0v) is 21.8. The van der Waals surface area contributed by atoms with E-state index < -0.39 is 11.3 Å². The van der Waals surface area contributed by atoms with Gasteiger partial charge in [-0.25, -0.2) is 0 Å². The van der Waals surface area contributed by atoms with Crippen LogP contribution in [0.2, 0.25) is 0 Å². The number of likely N-dealkylation sites (N-methyl/N-ethyl adjacent to an activating group) is 1. The summed E-state index contributed by atoms with van der Waals surface area (Å²) in [4.78, 5) is 20.6. The third-order valence-corrected chi connectivity index (χ3v) is 7.36. The van der Waals surface area contributed by atoms with Gasteiger partial charge in [0, 0.05) is 50.7 Å². The van der Waals surface area contributed by atoms with Crippen molar-refractivity contribution in [1.82, 2.24) is 14.7 Å². The minimum Gasteiger partial charge on any atom is -0.496 e. The zero-order valence-electron chi connectivity index (χ0n) is 21.8. The molecule has 6 nitrogen and oxygen atoms in total. The van der Waals surface area contributed by atoms with E-state index in [9.17, 15) is 10.1 Å². The molecule has 1 amide bonds. The van der Waals surface area contributed by atoms with Gasteiger partial charge in [-0.2, -0.15) is 5.26 Å². The molecule has 1 aliphatic heterocycles. The Hall–Kier alpha value is -3.40. The fourth-order valence-electron chi connectivity index (χ4n) is 5.28. The van der Waals surface area contributed by atoms with Crippen molar-refractivity contribution in [2.45, 2.75) is 12.8 Å². The second kappa shape index (κ2) is 11.1. The molecule has 1 saturated heterocycles. The predicted molar refractivity (Wildman–Crippen MR) is 144 cm³/mol. The first-order valence-corrected chi connectivity index (χ1v) is 12.6. The molecule has 6 heteroatoms. The standard InChI is InChI=1S/C30H36N4O2/c1-30(22-31,29(35)34-20-18-33(19-21-34)17-16-32(2)3)28(26-13-7-8-15-27(26)36-4)25-14-9-11-23-10-5-6-12-24(23)25/h5-15,28H,16-21H2,1-4H3/t28?,30-/m1/s1. The van der Waals surface area contributed by atoms with Crippen LogP contribution in [0.15, 0.2) is 66.7 Å². The summed E-state index contributed by atoms with van der Waals surface area (Å²) in [5, 5.41) is 12.8. The van der Waals surface area contributed by atoms with E-state index in [2.05, 4.69) is 48.2 Å². The highest BCUT2D eigenvalue weighted by Gasteiger charge is 2.47. The molecule has 3 aromatic carbocycles. The number of nitriles is 1. The van der Waals surface area contributed by atoms with Crippen LogP contribution in [0.3, 0.4) is 0 Å². The first-order valence-electron chi connectivity index (χ1n) is 12.6. The molecule has 0 aromatic heterocycles. The molecule has 1 fully saturated rings. The Kier molecular flexibility index (Phi) is 7.93. The monoisotopic (exact) mass is 484 g/mol. The molecular weight excluding hydrogens is 448 g/mol. The van der Waals surface area contributed by atoms with Gasteiger partial charge in [0.1, 0.15) is 11.2 Å². The molecule has 0 radical (unpaired) electrons. The number of fused-ring (bicyclic) bond motifs is 1. The molecule has 3 aromatic rings. The van der Waals surface area contributed by atoms with Gasteiger partial charge in [0.2, 0.25) is 5.91 Å². The van der Waals surface area contributed by atoms with Crippen molar-refractivity contribution in [3.8, 4) is 11.8 Å². The highest BCUT2D eigenvalue weighted by Crippen LogP contribution is 2.47. The van der Waals surface area contributed by atoms with Crippen LogP contribution in [0.4, 0.5) is 0 Å². The Labute approximate surface area is 214 Å². The summed E-state index contributed by atoms with van der Waals surface area (Å²) in [5.74, 6) is 0.0586. The highest BCUT2D eigenvalue weighted by atomic mass is 16.5. The van der Waals surface area contributed by atoms with Crippen molar-refractivity contribution >= 4 is 16.7 Å². The number of amides is 1. The maximum Gasteiger partial charge on any atom is 0.243 e. The number of carbonyl (C=O) groups is 1. The van der Waals surface area contributed by atoms with Gasteiger partial charge in [-0.1, -0.05) is 60.7 Å². The van der Waals surface area contributed by atoms with E-state index in [0.717, 1.165) is 48.1 Å². The van der Waals surface area contributed by atoms with Crippen molar-refractivity contribution in [3.05, 3.63) is 77.9 Å². The summed E-state index contributed by atoms with van der Waals surface area (Å²) in [6, 6.07) is 24.5. The number of hydrogen-bond donors (Lipinski definition) is 0. The topological polar surface area (TPSA) is 59.8 Å². The first-order chi connectivity index (χ1) is 17.4. The van der Waals surface area contributed by atoms with Gasteiger partial charge in [0.05, 0.1) is 13.2 Å². The smallest absolute Gasteiger partial charge is 0.243 e. The number of hydrogen-bond acceptors (Lipinski definition) is 5. The van der Waals surface area contributed by atoms with Gasteiger partial charge >= 0.3 is 0 Å². The molecule has 0 N–H and O–H groups in total. The Balaban J connectivity index is 1.75. The summed E-state index contributed by atoms with van der Waals surface area (Å²) < 4.78 is 5.74. The predicted octanol–water partition coefficient (Wildman–Crippen LogP) is 4.22. The summed E-state index contributed by atoms with van der Waals surface area (Å²) >= 11 is 0. The second-order valence-electron chi connectivity index (χ2n) is 9.99. The Morgan fingerprint density at radius 1 is 1.00 bits per heavy atom. The van der Waals surface area contributed by atoms with E-state index in [4.69, 9.17) is 4.74 Å². The maximum atomic E-state index is 14.2. The van der Waals surface area contributed by atoms with Gasteiger partial charge in [0.15, 0.2) is 0 Å². The van der Waals surface area contributed by atoms with E-state index in [1.54, 1.807) is 14.0 Å². The average Bonchev–Trinajstić information content (AvgIpc) is 2.92. The first kappa shape index (κ1) is 25.7. The Bertz CT molecular complexity index is 1240. The summed E-state index contributed by atoms with van der Waals surface area (Å²) in [7, 11) is 5.78. The third kappa shape index (κ3) is 5.09. The molecule has 0 saturated carbocycles. The number of methoxy groups -OCH3 is 1. The molecule has 1 unspecified atom stereocenters. The van der Waals surface area contributed by atoms with Crippen molar-refractivity contribution in [1.29, 1.82) is 5.26 Å². The molecule has 2 atom stereocenters. The minimum absolute atomic E-state index is 0.124. The molecule has 0 bridgehead atoms. The fourth-order valence-corrected chi connectivity index (χ4v) is 5.28. The van der Waals surface area contributed by atoms with Crippen molar-refractivity contribution in [2.75, 3.05) is 60.5 Å². The fraction of sp³-hybridized carbons (Fsp3) is 0.400. The minimum atomic E-state index is -1.31. The lowest BCUT2D eigenvalue weighted by molar-refractivity contribution is -0.140. The van der Waals surface area contributed by atoms with Crippen molar-refractivity contribution in [2.24, 2.45) is 5.41 Å². The molecule has 1 heterocycles. The maximum absolute atomic E-state index is 14.2. The van der Waals surface area contributed by atoms with Crippen molar-refractivity contribution < 1.29 is 9.53 Å².